The van der Waals surface area contributed by atoms with Gasteiger partial charge in [0.15, 0.2) is 0 Å². The van der Waals surface area contributed by atoms with Gasteiger partial charge in [0.1, 0.15) is 12.6 Å². The zero-order valence-electron chi connectivity index (χ0n) is 19.6. The molecule has 0 aliphatic heterocycles. The Hall–Kier alpha value is -3.61. The van der Waals surface area contributed by atoms with Crippen molar-refractivity contribution in [3.05, 3.63) is 72.3 Å². The minimum Gasteiger partial charge on any atom is -0.480 e. The molecule has 2 atom stereocenters. The van der Waals surface area contributed by atoms with Crippen molar-refractivity contribution in [2.24, 2.45) is 5.92 Å². The number of carboxylic acids is 1. The van der Waals surface area contributed by atoms with E-state index in [4.69, 9.17) is 4.74 Å². The molecule has 3 rings (SSSR count). The largest absolute Gasteiger partial charge is 0.480 e. The molecular weight excluding hydrogens is 432 g/mol. The van der Waals surface area contributed by atoms with Gasteiger partial charge in [-0.2, -0.15) is 0 Å². The number of rotatable bonds is 11. The van der Waals surface area contributed by atoms with E-state index in [0.717, 1.165) is 22.3 Å². The Morgan fingerprint density at radius 3 is 2.15 bits per heavy atom. The molecule has 1 aliphatic carbocycles. The number of carbonyl (C=O) groups excluding carboxylic acids is 2. The Bertz CT molecular complexity index is 1000. The maximum absolute atomic E-state index is 12.6. The fourth-order valence-electron chi connectivity index (χ4n) is 4.24. The van der Waals surface area contributed by atoms with Gasteiger partial charge in [0, 0.05) is 18.4 Å². The molecule has 7 heteroatoms. The van der Waals surface area contributed by atoms with E-state index in [0.29, 0.717) is 6.42 Å². The van der Waals surface area contributed by atoms with E-state index in [9.17, 15) is 19.5 Å². The first-order chi connectivity index (χ1) is 16.3. The van der Waals surface area contributed by atoms with Crippen LogP contribution in [0.25, 0.3) is 11.1 Å². The van der Waals surface area contributed by atoms with Crippen molar-refractivity contribution in [2.75, 3.05) is 6.61 Å². The number of nitrogens with one attached hydrogen (secondary N) is 2. The lowest BCUT2D eigenvalue weighted by Gasteiger charge is -2.23. The SMILES string of the molecule is C=CCCC(NC(=O)C[C@H](NC(=O)OCC1c2ccccc2-c2ccccc21)C(C)C)C(=O)O. The van der Waals surface area contributed by atoms with Crippen molar-refractivity contribution in [1.82, 2.24) is 10.6 Å². The number of ether oxygens (including phenoxy) is 1. The van der Waals surface area contributed by atoms with Crippen molar-refractivity contribution < 1.29 is 24.2 Å². The summed E-state index contributed by atoms with van der Waals surface area (Å²) < 4.78 is 5.59. The minimum absolute atomic E-state index is 0.0419. The summed E-state index contributed by atoms with van der Waals surface area (Å²) in [4.78, 5) is 36.5. The highest BCUT2D eigenvalue weighted by Crippen LogP contribution is 2.44. The van der Waals surface area contributed by atoms with E-state index in [2.05, 4.69) is 29.3 Å². The average molecular weight is 465 g/mol. The van der Waals surface area contributed by atoms with Gasteiger partial charge in [-0.3, -0.25) is 4.79 Å². The summed E-state index contributed by atoms with van der Waals surface area (Å²) in [5.41, 5.74) is 4.53. The van der Waals surface area contributed by atoms with Crippen LogP contribution in [-0.4, -0.2) is 41.8 Å². The third-order valence-electron chi connectivity index (χ3n) is 6.15. The molecule has 0 spiro atoms. The van der Waals surface area contributed by atoms with Gasteiger partial charge in [0.2, 0.25) is 5.91 Å². The van der Waals surface area contributed by atoms with Crippen LogP contribution in [0, 0.1) is 5.92 Å². The van der Waals surface area contributed by atoms with Gasteiger partial charge in [0.05, 0.1) is 0 Å². The first kappa shape index (κ1) is 25.0. The molecule has 0 radical (unpaired) electrons. The number of hydrogen-bond acceptors (Lipinski definition) is 4. The van der Waals surface area contributed by atoms with Crippen molar-refractivity contribution in [1.29, 1.82) is 0 Å². The van der Waals surface area contributed by atoms with E-state index >= 15 is 0 Å². The molecule has 1 aliphatic rings. The highest BCUT2D eigenvalue weighted by atomic mass is 16.5. The standard InChI is InChI=1S/C27H32N2O5/c1-4-5-14-23(26(31)32)28-25(30)15-24(17(2)3)29-27(33)34-16-22-20-12-8-6-10-18(20)19-11-7-9-13-21(19)22/h4,6-13,17,22-24H,1,5,14-16H2,2-3H3,(H,28,30)(H,29,33)(H,31,32)/t23?,24-/m0/s1. The van der Waals surface area contributed by atoms with Crippen LogP contribution in [0.15, 0.2) is 61.2 Å². The molecule has 0 bridgehead atoms. The molecular formula is C27H32N2O5. The second-order valence-corrected chi connectivity index (χ2v) is 8.85. The van der Waals surface area contributed by atoms with Crippen LogP contribution in [0.5, 0.6) is 0 Å². The van der Waals surface area contributed by atoms with Crippen molar-refractivity contribution in [3.63, 3.8) is 0 Å². The molecule has 0 saturated heterocycles. The van der Waals surface area contributed by atoms with Crippen molar-refractivity contribution >= 4 is 18.0 Å². The molecule has 3 N–H and O–H groups in total. The number of benzene rings is 2. The Balaban J connectivity index is 1.59. The summed E-state index contributed by atoms with van der Waals surface area (Å²) >= 11 is 0. The first-order valence-electron chi connectivity index (χ1n) is 11.6. The first-order valence-corrected chi connectivity index (χ1v) is 11.6. The molecule has 180 valence electrons. The lowest BCUT2D eigenvalue weighted by atomic mass is 9.98. The van der Waals surface area contributed by atoms with E-state index < -0.39 is 30.1 Å². The van der Waals surface area contributed by atoms with Gasteiger partial charge >= 0.3 is 12.1 Å². The zero-order valence-corrected chi connectivity index (χ0v) is 19.6. The summed E-state index contributed by atoms with van der Waals surface area (Å²) in [6, 6.07) is 14.7. The highest BCUT2D eigenvalue weighted by Gasteiger charge is 2.30. The Kier molecular flexibility index (Phi) is 8.46. The van der Waals surface area contributed by atoms with Crippen LogP contribution in [0.3, 0.4) is 0 Å². The molecule has 0 aromatic heterocycles. The number of carboxylic acid groups (broad SMARTS) is 1. The Labute approximate surface area is 200 Å². The molecule has 0 heterocycles. The maximum atomic E-state index is 12.6. The topological polar surface area (TPSA) is 105 Å². The van der Waals surface area contributed by atoms with Crippen molar-refractivity contribution in [3.8, 4) is 11.1 Å². The van der Waals surface area contributed by atoms with E-state index in [1.165, 1.54) is 0 Å². The van der Waals surface area contributed by atoms with Crippen molar-refractivity contribution in [2.45, 2.75) is 51.1 Å². The highest BCUT2D eigenvalue weighted by molar-refractivity contribution is 5.84. The number of amides is 2. The monoisotopic (exact) mass is 464 g/mol. The fourth-order valence-corrected chi connectivity index (χ4v) is 4.24. The van der Waals surface area contributed by atoms with Gasteiger partial charge in [0.25, 0.3) is 0 Å². The molecule has 0 saturated carbocycles. The van der Waals surface area contributed by atoms with Gasteiger partial charge in [-0.15, -0.1) is 6.58 Å². The molecule has 0 fully saturated rings. The number of fused-ring (bicyclic) bond motifs is 3. The number of hydrogen-bond donors (Lipinski definition) is 3. The van der Waals surface area contributed by atoms with Gasteiger partial charge in [-0.1, -0.05) is 68.5 Å². The normalized spacial score (nSPS) is 14.0. The molecule has 2 aromatic rings. The molecule has 2 amide bonds. The number of allylic oxidation sites excluding steroid dienone is 1. The summed E-state index contributed by atoms with van der Waals surface area (Å²) in [6.45, 7) is 7.53. The van der Waals surface area contributed by atoms with Crippen LogP contribution in [0.1, 0.15) is 50.2 Å². The second-order valence-electron chi connectivity index (χ2n) is 8.85. The molecule has 2 aromatic carbocycles. The fraction of sp³-hybridized carbons (Fsp3) is 0.370. The summed E-state index contributed by atoms with van der Waals surface area (Å²) in [6.07, 6.45) is 1.70. The third-order valence-corrected chi connectivity index (χ3v) is 6.15. The molecule has 1 unspecified atom stereocenters. The smallest absolute Gasteiger partial charge is 0.407 e. The lowest BCUT2D eigenvalue weighted by molar-refractivity contribution is -0.142. The van der Waals surface area contributed by atoms with Gasteiger partial charge < -0.3 is 20.5 Å². The minimum atomic E-state index is -1.10. The third kappa shape index (κ3) is 6.04. The number of carbonyl (C=O) groups is 3. The van der Waals surface area contributed by atoms with Crippen LogP contribution in [-0.2, 0) is 14.3 Å². The number of aliphatic carboxylic acids is 1. The van der Waals surface area contributed by atoms with Crippen LogP contribution in [0.4, 0.5) is 4.79 Å². The van der Waals surface area contributed by atoms with Crippen LogP contribution in [0.2, 0.25) is 0 Å². The van der Waals surface area contributed by atoms with E-state index in [-0.39, 0.29) is 31.3 Å². The Morgan fingerprint density at radius 2 is 1.62 bits per heavy atom. The van der Waals surface area contributed by atoms with Crippen LogP contribution >= 0.6 is 0 Å². The lowest BCUT2D eigenvalue weighted by Crippen LogP contribution is -2.46. The maximum Gasteiger partial charge on any atom is 0.407 e. The predicted octanol–water partition coefficient (Wildman–Crippen LogP) is 4.48. The van der Waals surface area contributed by atoms with Gasteiger partial charge in [-0.05, 0) is 41.0 Å². The van der Waals surface area contributed by atoms with E-state index in [1.54, 1.807) is 6.08 Å². The zero-order chi connectivity index (χ0) is 24.7. The van der Waals surface area contributed by atoms with Gasteiger partial charge in [-0.25, -0.2) is 9.59 Å². The van der Waals surface area contributed by atoms with Crippen LogP contribution < -0.4 is 10.6 Å². The molecule has 7 nitrogen and oxygen atoms in total. The Morgan fingerprint density at radius 1 is 1.03 bits per heavy atom. The number of alkyl carbamates (subject to hydrolysis) is 1. The molecule has 34 heavy (non-hydrogen) atoms. The summed E-state index contributed by atoms with van der Waals surface area (Å²) in [7, 11) is 0. The summed E-state index contributed by atoms with van der Waals surface area (Å²) in [5, 5.41) is 14.6. The van der Waals surface area contributed by atoms with E-state index in [1.807, 2.05) is 50.2 Å². The predicted molar refractivity (Wildman–Crippen MR) is 130 cm³/mol. The quantitative estimate of drug-likeness (QED) is 0.426. The second kappa shape index (κ2) is 11.5. The average Bonchev–Trinajstić information content (AvgIpc) is 3.13. The summed E-state index contributed by atoms with van der Waals surface area (Å²) in [5.74, 6) is -1.64.